The number of hydrogen-bond acceptors (Lipinski definition) is 4. The van der Waals surface area contributed by atoms with Crippen molar-refractivity contribution in [2.24, 2.45) is 11.8 Å². The van der Waals surface area contributed by atoms with Crippen molar-refractivity contribution in [2.45, 2.75) is 25.0 Å². The highest BCUT2D eigenvalue weighted by Crippen LogP contribution is 2.45. The monoisotopic (exact) mass is 305 g/mol. The molecule has 2 aromatic rings. The Morgan fingerprint density at radius 2 is 2.14 bits per heavy atom. The summed E-state index contributed by atoms with van der Waals surface area (Å²) in [6.07, 6.45) is 5.75. The van der Waals surface area contributed by atoms with Crippen LogP contribution in [-0.2, 0) is 16.9 Å². The Balaban J connectivity index is 2.00. The molecule has 0 aliphatic heterocycles. The fourth-order valence-corrected chi connectivity index (χ4v) is 2.88. The van der Waals surface area contributed by atoms with E-state index in [0.29, 0.717) is 10.6 Å². The summed E-state index contributed by atoms with van der Waals surface area (Å²) in [4.78, 5) is 15.5. The van der Waals surface area contributed by atoms with Crippen LogP contribution in [0.4, 0.5) is 0 Å². The molecule has 0 bridgehead atoms. The molecule has 21 heavy (non-hydrogen) atoms. The van der Waals surface area contributed by atoms with Gasteiger partial charge in [0.25, 0.3) is 0 Å². The Morgan fingerprint density at radius 3 is 2.67 bits per heavy atom. The van der Waals surface area contributed by atoms with E-state index in [4.69, 9.17) is 11.6 Å². The number of aldehydes is 1. The van der Waals surface area contributed by atoms with Crippen molar-refractivity contribution in [3.05, 3.63) is 47.5 Å². The van der Waals surface area contributed by atoms with Crippen LogP contribution in [0.3, 0.4) is 0 Å². The van der Waals surface area contributed by atoms with E-state index >= 15 is 0 Å². The molecule has 1 aromatic carbocycles. The van der Waals surface area contributed by atoms with Crippen LogP contribution < -0.4 is 0 Å². The van der Waals surface area contributed by atoms with Gasteiger partial charge in [0.1, 0.15) is 24.5 Å². The summed E-state index contributed by atoms with van der Waals surface area (Å²) >= 11 is 5.91. The zero-order chi connectivity index (χ0) is 14.9. The quantitative estimate of drug-likeness (QED) is 0.829. The molecule has 1 saturated carbocycles. The zero-order valence-corrected chi connectivity index (χ0v) is 12.1. The van der Waals surface area contributed by atoms with Gasteiger partial charge in [-0.3, -0.25) is 0 Å². The van der Waals surface area contributed by atoms with Crippen LogP contribution >= 0.6 is 11.6 Å². The molecule has 1 N–H and O–H groups in total. The van der Waals surface area contributed by atoms with Gasteiger partial charge in [0.15, 0.2) is 0 Å². The van der Waals surface area contributed by atoms with Crippen LogP contribution in [0.5, 0.6) is 0 Å². The second-order valence-corrected chi connectivity index (χ2v) is 5.96. The largest absolute Gasteiger partial charge is 0.382 e. The standard InChI is InChI=1S/C15H16ClN3O2/c16-13-5-3-12(4-6-13)15(21,8-19-10-17-9-18-19)14(7-20)11-1-2-11/h3-7,9-11,14,21H,1-2,8H2. The maximum Gasteiger partial charge on any atom is 0.137 e. The van der Waals surface area contributed by atoms with Crippen LogP contribution in [0, 0.1) is 11.8 Å². The molecule has 0 radical (unpaired) electrons. The minimum Gasteiger partial charge on any atom is -0.382 e. The lowest BCUT2D eigenvalue weighted by molar-refractivity contribution is -0.124. The highest BCUT2D eigenvalue weighted by molar-refractivity contribution is 6.30. The van der Waals surface area contributed by atoms with Gasteiger partial charge in [-0.25, -0.2) is 9.67 Å². The van der Waals surface area contributed by atoms with Crippen LogP contribution in [0.1, 0.15) is 18.4 Å². The first kappa shape index (κ1) is 14.2. The van der Waals surface area contributed by atoms with Crippen LogP contribution in [0.2, 0.25) is 5.02 Å². The van der Waals surface area contributed by atoms with Crippen molar-refractivity contribution in [3.63, 3.8) is 0 Å². The van der Waals surface area contributed by atoms with E-state index < -0.39 is 11.5 Å². The van der Waals surface area contributed by atoms with E-state index in [1.807, 2.05) is 0 Å². The number of rotatable bonds is 6. The SMILES string of the molecule is O=CC(C1CC1)C(O)(Cn1cncn1)c1ccc(Cl)cc1. The number of hydrogen-bond donors (Lipinski definition) is 1. The Morgan fingerprint density at radius 1 is 1.43 bits per heavy atom. The lowest BCUT2D eigenvalue weighted by atomic mass is 9.79. The molecule has 110 valence electrons. The summed E-state index contributed by atoms with van der Waals surface area (Å²) in [5.74, 6) is -0.227. The number of benzene rings is 1. The first-order chi connectivity index (χ1) is 10.1. The smallest absolute Gasteiger partial charge is 0.137 e. The molecular formula is C15H16ClN3O2. The fraction of sp³-hybridized carbons (Fsp3) is 0.400. The fourth-order valence-electron chi connectivity index (χ4n) is 2.76. The van der Waals surface area contributed by atoms with Gasteiger partial charge in [-0.15, -0.1) is 0 Å². The normalized spacial score (nSPS) is 19.0. The van der Waals surface area contributed by atoms with Crippen molar-refractivity contribution in [2.75, 3.05) is 0 Å². The molecule has 1 aliphatic carbocycles. The van der Waals surface area contributed by atoms with Crippen molar-refractivity contribution >= 4 is 17.9 Å². The topological polar surface area (TPSA) is 68.0 Å². The molecule has 1 aliphatic rings. The molecular weight excluding hydrogens is 290 g/mol. The van der Waals surface area contributed by atoms with Crippen molar-refractivity contribution in [1.29, 1.82) is 0 Å². The van der Waals surface area contributed by atoms with E-state index in [0.717, 1.165) is 19.1 Å². The third kappa shape index (κ3) is 2.84. The Kier molecular flexibility index (Phi) is 3.78. The van der Waals surface area contributed by atoms with Crippen LogP contribution in [0.15, 0.2) is 36.9 Å². The first-order valence-corrected chi connectivity index (χ1v) is 7.27. The molecule has 5 nitrogen and oxygen atoms in total. The Hall–Kier alpha value is -1.72. The lowest BCUT2D eigenvalue weighted by Crippen LogP contribution is -2.41. The molecule has 6 heteroatoms. The van der Waals surface area contributed by atoms with Crippen LogP contribution in [0.25, 0.3) is 0 Å². The van der Waals surface area contributed by atoms with E-state index in [1.165, 1.54) is 12.7 Å². The maximum atomic E-state index is 11.6. The Labute approximate surface area is 127 Å². The average Bonchev–Trinajstić information content (AvgIpc) is 3.17. The summed E-state index contributed by atoms with van der Waals surface area (Å²) in [5, 5.41) is 15.9. The average molecular weight is 306 g/mol. The first-order valence-electron chi connectivity index (χ1n) is 6.89. The summed E-state index contributed by atoms with van der Waals surface area (Å²) < 4.78 is 1.55. The molecule has 0 saturated heterocycles. The highest BCUT2D eigenvalue weighted by atomic mass is 35.5. The third-order valence-corrected chi connectivity index (χ3v) is 4.29. The molecule has 3 rings (SSSR count). The molecule has 1 fully saturated rings. The molecule has 2 atom stereocenters. The third-order valence-electron chi connectivity index (χ3n) is 4.04. The minimum atomic E-state index is -1.30. The number of halogens is 1. The molecule has 0 amide bonds. The molecule has 1 heterocycles. The van der Waals surface area contributed by atoms with Gasteiger partial charge in [0.2, 0.25) is 0 Å². The predicted molar refractivity (Wildman–Crippen MR) is 77.6 cm³/mol. The van der Waals surface area contributed by atoms with E-state index in [9.17, 15) is 9.90 Å². The number of carbonyl (C=O) groups excluding carboxylic acids is 1. The number of aliphatic hydroxyl groups is 1. The Bertz CT molecular complexity index is 610. The summed E-state index contributed by atoms with van der Waals surface area (Å²) in [7, 11) is 0. The van der Waals surface area contributed by atoms with Gasteiger partial charge < -0.3 is 9.90 Å². The lowest BCUT2D eigenvalue weighted by Gasteiger charge is -2.33. The van der Waals surface area contributed by atoms with Gasteiger partial charge in [0, 0.05) is 5.02 Å². The van der Waals surface area contributed by atoms with Gasteiger partial charge in [-0.1, -0.05) is 23.7 Å². The molecule has 2 unspecified atom stereocenters. The van der Waals surface area contributed by atoms with E-state index in [1.54, 1.807) is 28.9 Å². The number of aromatic nitrogens is 3. The summed E-state index contributed by atoms with van der Waals surface area (Å²) in [5.41, 5.74) is -0.632. The molecule has 1 aromatic heterocycles. The summed E-state index contributed by atoms with van der Waals surface area (Å²) in [6, 6.07) is 6.96. The van der Waals surface area contributed by atoms with Gasteiger partial charge in [-0.2, -0.15) is 5.10 Å². The van der Waals surface area contributed by atoms with Gasteiger partial charge >= 0.3 is 0 Å². The van der Waals surface area contributed by atoms with Gasteiger partial charge in [-0.05, 0) is 36.5 Å². The second-order valence-electron chi connectivity index (χ2n) is 5.52. The number of carbonyl (C=O) groups is 1. The van der Waals surface area contributed by atoms with E-state index in [2.05, 4.69) is 10.1 Å². The van der Waals surface area contributed by atoms with Crippen molar-refractivity contribution < 1.29 is 9.90 Å². The minimum absolute atomic E-state index is 0.189. The van der Waals surface area contributed by atoms with Crippen molar-refractivity contribution in [3.8, 4) is 0 Å². The van der Waals surface area contributed by atoms with E-state index in [-0.39, 0.29) is 12.5 Å². The zero-order valence-electron chi connectivity index (χ0n) is 11.4. The summed E-state index contributed by atoms with van der Waals surface area (Å²) in [6.45, 7) is 0.189. The van der Waals surface area contributed by atoms with Crippen molar-refractivity contribution in [1.82, 2.24) is 14.8 Å². The highest BCUT2D eigenvalue weighted by Gasteiger charge is 2.47. The molecule has 0 spiro atoms. The predicted octanol–water partition coefficient (Wildman–Crippen LogP) is 2.04. The van der Waals surface area contributed by atoms with Crippen LogP contribution in [-0.4, -0.2) is 26.2 Å². The number of nitrogens with zero attached hydrogens (tertiary/aromatic N) is 3. The van der Waals surface area contributed by atoms with Gasteiger partial charge in [0.05, 0.1) is 12.5 Å². The maximum absolute atomic E-state index is 11.6. The second kappa shape index (κ2) is 5.58.